The number of hydrogen-bond donors (Lipinski definition) is 0. The molecule has 0 atom stereocenters. The van der Waals surface area contributed by atoms with Crippen molar-refractivity contribution < 1.29 is 0 Å². The van der Waals surface area contributed by atoms with E-state index >= 15 is 0 Å². The molecule has 1 nitrogen and oxygen atoms in total. The van der Waals surface area contributed by atoms with Gasteiger partial charge in [-0.15, -0.1) is 0 Å². The minimum absolute atomic E-state index is 0.895. The lowest BCUT2D eigenvalue weighted by molar-refractivity contribution is 0.772. The lowest BCUT2D eigenvalue weighted by Gasteiger charge is -2.12. The van der Waals surface area contributed by atoms with Gasteiger partial charge in [-0.2, -0.15) is 0 Å². The summed E-state index contributed by atoms with van der Waals surface area (Å²) in [5.74, 6) is 0. The van der Waals surface area contributed by atoms with E-state index in [2.05, 4.69) is 80.6 Å². The SMILES string of the molecule is CCCCc1nc(Cc2ccc3ccccc3c2)cc2c1-c1ccc(C)cc1C2. The molecule has 29 heavy (non-hydrogen) atoms. The third kappa shape index (κ3) is 3.46. The van der Waals surface area contributed by atoms with Crippen LogP contribution in [0.25, 0.3) is 21.9 Å². The number of rotatable bonds is 5. The summed E-state index contributed by atoms with van der Waals surface area (Å²) in [5.41, 5.74) is 10.9. The van der Waals surface area contributed by atoms with Crippen molar-refractivity contribution in [2.75, 3.05) is 0 Å². The van der Waals surface area contributed by atoms with Gasteiger partial charge in [-0.1, -0.05) is 79.6 Å². The average molecular weight is 378 g/mol. The summed E-state index contributed by atoms with van der Waals surface area (Å²) >= 11 is 0. The van der Waals surface area contributed by atoms with Gasteiger partial charge in [0.2, 0.25) is 0 Å². The van der Waals surface area contributed by atoms with Gasteiger partial charge in [-0.25, -0.2) is 0 Å². The summed E-state index contributed by atoms with van der Waals surface area (Å²) in [5, 5.41) is 2.60. The highest BCUT2D eigenvalue weighted by Gasteiger charge is 2.23. The molecular formula is C28H27N. The van der Waals surface area contributed by atoms with Crippen LogP contribution in [0, 0.1) is 6.92 Å². The summed E-state index contributed by atoms with van der Waals surface area (Å²) in [4.78, 5) is 5.18. The largest absolute Gasteiger partial charge is 0.257 e. The Hall–Kier alpha value is -2.93. The molecule has 1 aliphatic rings. The van der Waals surface area contributed by atoms with Crippen molar-refractivity contribution in [1.29, 1.82) is 0 Å². The lowest BCUT2D eigenvalue weighted by Crippen LogP contribution is -2.02. The summed E-state index contributed by atoms with van der Waals surface area (Å²) in [6, 6.07) is 24.6. The molecular weight excluding hydrogens is 350 g/mol. The van der Waals surface area contributed by atoms with Crippen molar-refractivity contribution in [2.45, 2.75) is 46.0 Å². The molecule has 1 heterocycles. The predicted octanol–water partition coefficient (Wildman–Crippen LogP) is 7.05. The molecule has 0 saturated heterocycles. The summed E-state index contributed by atoms with van der Waals surface area (Å²) in [6.07, 6.45) is 5.40. The first-order chi connectivity index (χ1) is 14.2. The topological polar surface area (TPSA) is 12.9 Å². The van der Waals surface area contributed by atoms with Crippen LogP contribution in [0.5, 0.6) is 0 Å². The minimum Gasteiger partial charge on any atom is -0.257 e. The molecule has 0 fully saturated rings. The van der Waals surface area contributed by atoms with Crippen LogP contribution in [0.2, 0.25) is 0 Å². The number of pyridine rings is 1. The second-order valence-corrected chi connectivity index (χ2v) is 8.39. The molecule has 0 saturated carbocycles. The maximum absolute atomic E-state index is 5.18. The number of fused-ring (bicyclic) bond motifs is 4. The third-order valence-electron chi connectivity index (χ3n) is 6.11. The van der Waals surface area contributed by atoms with E-state index in [0.29, 0.717) is 0 Å². The van der Waals surface area contributed by atoms with Crippen molar-refractivity contribution in [1.82, 2.24) is 4.98 Å². The van der Waals surface area contributed by atoms with Crippen LogP contribution < -0.4 is 0 Å². The van der Waals surface area contributed by atoms with Crippen molar-refractivity contribution in [2.24, 2.45) is 0 Å². The molecule has 0 aliphatic heterocycles. The summed E-state index contributed by atoms with van der Waals surface area (Å²) < 4.78 is 0. The number of nitrogens with zero attached hydrogens (tertiary/aromatic N) is 1. The van der Waals surface area contributed by atoms with Crippen molar-refractivity contribution in [3.05, 3.63) is 100 Å². The van der Waals surface area contributed by atoms with Crippen molar-refractivity contribution >= 4 is 10.8 Å². The molecule has 0 amide bonds. The Kier molecular flexibility index (Phi) is 4.67. The Morgan fingerprint density at radius 3 is 2.59 bits per heavy atom. The molecule has 1 aromatic heterocycles. The highest BCUT2D eigenvalue weighted by atomic mass is 14.7. The maximum Gasteiger partial charge on any atom is 0.0488 e. The monoisotopic (exact) mass is 377 g/mol. The van der Waals surface area contributed by atoms with Crippen LogP contribution in [0.1, 0.15) is 53.4 Å². The molecule has 0 radical (unpaired) electrons. The molecule has 0 bridgehead atoms. The normalized spacial score (nSPS) is 12.2. The fourth-order valence-electron chi connectivity index (χ4n) is 4.68. The number of aromatic nitrogens is 1. The smallest absolute Gasteiger partial charge is 0.0488 e. The molecule has 1 heteroatoms. The molecule has 4 aromatic rings. The quantitative estimate of drug-likeness (QED) is 0.320. The fraction of sp³-hybridized carbons (Fsp3) is 0.250. The van der Waals surface area contributed by atoms with E-state index in [1.54, 1.807) is 0 Å². The van der Waals surface area contributed by atoms with Gasteiger partial charge in [0.15, 0.2) is 0 Å². The van der Waals surface area contributed by atoms with Crippen LogP contribution in [0.3, 0.4) is 0 Å². The fourth-order valence-corrected chi connectivity index (χ4v) is 4.68. The molecule has 0 spiro atoms. The summed E-state index contributed by atoms with van der Waals surface area (Å²) in [6.45, 7) is 4.45. The highest BCUT2D eigenvalue weighted by Crippen LogP contribution is 2.40. The zero-order valence-electron chi connectivity index (χ0n) is 17.3. The standard InChI is InChI=1S/C28H27N/c1-3-4-9-27-28-24(17-23-14-19(2)10-13-26(23)28)18-25(29-27)16-20-11-12-21-7-5-6-8-22(21)15-20/h5-8,10-15,18H,3-4,9,16-17H2,1-2H3. The first-order valence-corrected chi connectivity index (χ1v) is 10.8. The van der Waals surface area contributed by atoms with Crippen LogP contribution >= 0.6 is 0 Å². The van der Waals surface area contributed by atoms with E-state index in [4.69, 9.17) is 4.98 Å². The molecule has 144 valence electrons. The Morgan fingerprint density at radius 2 is 1.72 bits per heavy atom. The minimum atomic E-state index is 0.895. The van der Waals surface area contributed by atoms with Gasteiger partial charge in [0.25, 0.3) is 0 Å². The highest BCUT2D eigenvalue weighted by molar-refractivity contribution is 5.83. The molecule has 3 aromatic carbocycles. The third-order valence-corrected chi connectivity index (χ3v) is 6.11. The second-order valence-electron chi connectivity index (χ2n) is 8.39. The Balaban J connectivity index is 1.54. The van der Waals surface area contributed by atoms with Gasteiger partial charge in [0.1, 0.15) is 0 Å². The van der Waals surface area contributed by atoms with Gasteiger partial charge in [0.05, 0.1) is 0 Å². The van der Waals surface area contributed by atoms with E-state index in [1.165, 1.54) is 68.4 Å². The Labute approximate surface area is 173 Å². The number of hydrogen-bond acceptors (Lipinski definition) is 1. The predicted molar refractivity (Wildman–Crippen MR) is 123 cm³/mol. The van der Waals surface area contributed by atoms with E-state index in [0.717, 1.165) is 19.3 Å². The van der Waals surface area contributed by atoms with Crippen LogP contribution in [-0.2, 0) is 19.3 Å². The second kappa shape index (κ2) is 7.48. The molecule has 0 unspecified atom stereocenters. The summed E-state index contributed by atoms with van der Waals surface area (Å²) in [7, 11) is 0. The van der Waals surface area contributed by atoms with Gasteiger partial charge in [-0.05, 0) is 65.3 Å². The number of benzene rings is 3. The van der Waals surface area contributed by atoms with Crippen molar-refractivity contribution in [3.8, 4) is 11.1 Å². The van der Waals surface area contributed by atoms with Gasteiger partial charge < -0.3 is 0 Å². The van der Waals surface area contributed by atoms with Gasteiger partial charge in [-0.3, -0.25) is 4.98 Å². The average Bonchev–Trinajstić information content (AvgIpc) is 3.09. The number of unbranched alkanes of at least 4 members (excludes halogenated alkanes) is 1. The Bertz CT molecular complexity index is 1200. The zero-order chi connectivity index (χ0) is 19.8. The zero-order valence-corrected chi connectivity index (χ0v) is 17.3. The van der Waals surface area contributed by atoms with E-state index < -0.39 is 0 Å². The van der Waals surface area contributed by atoms with E-state index in [9.17, 15) is 0 Å². The number of aryl methyl sites for hydroxylation is 2. The van der Waals surface area contributed by atoms with Gasteiger partial charge in [0, 0.05) is 23.4 Å². The van der Waals surface area contributed by atoms with E-state index in [1.807, 2.05) is 0 Å². The molecule has 5 rings (SSSR count). The Morgan fingerprint density at radius 1 is 0.862 bits per heavy atom. The van der Waals surface area contributed by atoms with Crippen LogP contribution in [0.15, 0.2) is 66.7 Å². The maximum atomic E-state index is 5.18. The lowest BCUT2D eigenvalue weighted by atomic mass is 9.98. The van der Waals surface area contributed by atoms with E-state index in [-0.39, 0.29) is 0 Å². The van der Waals surface area contributed by atoms with Crippen LogP contribution in [-0.4, -0.2) is 4.98 Å². The molecule has 0 N–H and O–H groups in total. The van der Waals surface area contributed by atoms with Gasteiger partial charge >= 0.3 is 0 Å². The van der Waals surface area contributed by atoms with Crippen molar-refractivity contribution in [3.63, 3.8) is 0 Å². The van der Waals surface area contributed by atoms with Crippen LogP contribution in [0.4, 0.5) is 0 Å². The first-order valence-electron chi connectivity index (χ1n) is 10.8. The molecule has 1 aliphatic carbocycles. The first kappa shape index (κ1) is 18.1.